The number of fused-ring (bicyclic) bond motifs is 2. The smallest absolute Gasteiger partial charge is 0.255 e. The van der Waals surface area contributed by atoms with Gasteiger partial charge in [0.1, 0.15) is 0 Å². The number of hydrogen-bond donors (Lipinski definition) is 0. The molecule has 0 saturated carbocycles. The molecule has 134 valence electrons. The minimum Gasteiger partial charge on any atom is -0.275 e. The van der Waals surface area contributed by atoms with Crippen molar-refractivity contribution in [2.75, 3.05) is 4.90 Å². The maximum Gasteiger partial charge on any atom is 0.255 e. The number of benzene rings is 3. The summed E-state index contributed by atoms with van der Waals surface area (Å²) in [6, 6.07) is 18.5. The molecule has 0 bridgehead atoms. The van der Waals surface area contributed by atoms with Crippen LogP contribution in [0.25, 0.3) is 6.08 Å². The highest BCUT2D eigenvalue weighted by molar-refractivity contribution is 7.99. The van der Waals surface area contributed by atoms with Gasteiger partial charge < -0.3 is 0 Å². The molecule has 27 heavy (non-hydrogen) atoms. The molecule has 0 saturated heterocycles. The van der Waals surface area contributed by atoms with Crippen molar-refractivity contribution in [3.63, 3.8) is 0 Å². The monoisotopic (exact) mass is 431 g/mol. The summed E-state index contributed by atoms with van der Waals surface area (Å²) in [5.41, 5.74) is 2.32. The van der Waals surface area contributed by atoms with Crippen molar-refractivity contribution >= 4 is 69.9 Å². The van der Waals surface area contributed by atoms with Crippen LogP contribution in [0, 0.1) is 0 Å². The number of para-hydroxylation sites is 1. The zero-order chi connectivity index (χ0) is 19.0. The summed E-state index contributed by atoms with van der Waals surface area (Å²) < 4.78 is 0. The van der Waals surface area contributed by atoms with Crippen LogP contribution in [0.3, 0.4) is 0 Å². The lowest BCUT2D eigenvalue weighted by Gasteiger charge is -2.30. The third-order valence-corrected chi connectivity index (χ3v) is 6.00. The van der Waals surface area contributed by atoms with Gasteiger partial charge in [-0.25, -0.2) is 0 Å². The van der Waals surface area contributed by atoms with Gasteiger partial charge in [0, 0.05) is 30.9 Å². The van der Waals surface area contributed by atoms with Crippen molar-refractivity contribution in [1.29, 1.82) is 0 Å². The highest BCUT2D eigenvalue weighted by Gasteiger charge is 2.27. The Balaban J connectivity index is 1.75. The number of carbonyl (C=O) groups excluding carboxylic acids is 1. The van der Waals surface area contributed by atoms with Crippen LogP contribution in [-0.2, 0) is 4.79 Å². The summed E-state index contributed by atoms with van der Waals surface area (Å²) in [7, 11) is 0. The summed E-state index contributed by atoms with van der Waals surface area (Å²) in [6.07, 6.45) is 3.20. The molecule has 6 heteroatoms. The molecule has 2 nitrogen and oxygen atoms in total. The van der Waals surface area contributed by atoms with Crippen molar-refractivity contribution in [1.82, 2.24) is 0 Å². The molecule has 0 fully saturated rings. The van der Waals surface area contributed by atoms with Gasteiger partial charge in [-0.15, -0.1) is 0 Å². The Morgan fingerprint density at radius 1 is 0.852 bits per heavy atom. The summed E-state index contributed by atoms with van der Waals surface area (Å²) in [4.78, 5) is 16.8. The molecule has 4 rings (SSSR count). The molecule has 0 aromatic heterocycles. The van der Waals surface area contributed by atoms with Crippen LogP contribution >= 0.6 is 46.6 Å². The maximum atomic E-state index is 13.1. The predicted octanol–water partition coefficient (Wildman–Crippen LogP) is 7.49. The van der Waals surface area contributed by atoms with Crippen molar-refractivity contribution < 1.29 is 4.79 Å². The largest absolute Gasteiger partial charge is 0.275 e. The zero-order valence-electron chi connectivity index (χ0n) is 13.8. The van der Waals surface area contributed by atoms with E-state index in [1.807, 2.05) is 36.4 Å². The molecular formula is C21H12Cl3NOS. The second-order valence-corrected chi connectivity index (χ2v) is 8.22. The molecule has 0 spiro atoms. The lowest BCUT2D eigenvalue weighted by Crippen LogP contribution is -2.26. The molecule has 3 aromatic carbocycles. The van der Waals surface area contributed by atoms with Gasteiger partial charge in [0.05, 0.1) is 11.4 Å². The van der Waals surface area contributed by atoms with Gasteiger partial charge in [-0.1, -0.05) is 64.8 Å². The number of hydrogen-bond acceptors (Lipinski definition) is 2. The minimum atomic E-state index is -0.183. The van der Waals surface area contributed by atoms with E-state index in [9.17, 15) is 4.79 Å². The van der Waals surface area contributed by atoms with E-state index in [1.54, 1.807) is 47.0 Å². The Labute approximate surface area is 176 Å². The molecule has 1 amide bonds. The van der Waals surface area contributed by atoms with Gasteiger partial charge >= 0.3 is 0 Å². The Hall–Kier alpha value is -1.91. The first-order chi connectivity index (χ1) is 13.0. The van der Waals surface area contributed by atoms with Crippen molar-refractivity contribution in [2.24, 2.45) is 0 Å². The van der Waals surface area contributed by atoms with Gasteiger partial charge in [0.15, 0.2) is 0 Å². The van der Waals surface area contributed by atoms with E-state index in [4.69, 9.17) is 34.8 Å². The number of halogens is 3. The summed E-state index contributed by atoms with van der Waals surface area (Å²) >= 11 is 19.9. The average Bonchev–Trinajstić information content (AvgIpc) is 2.65. The fourth-order valence-electron chi connectivity index (χ4n) is 2.84. The van der Waals surface area contributed by atoms with E-state index >= 15 is 0 Å². The first-order valence-corrected chi connectivity index (χ1v) is 10.0. The number of carbonyl (C=O) groups is 1. The van der Waals surface area contributed by atoms with E-state index in [0.29, 0.717) is 15.1 Å². The fraction of sp³-hybridized carbons (Fsp3) is 0. The lowest BCUT2D eigenvalue weighted by molar-refractivity contribution is -0.113. The Kier molecular flexibility index (Phi) is 5.20. The zero-order valence-corrected chi connectivity index (χ0v) is 16.9. The van der Waals surface area contributed by atoms with E-state index in [0.717, 1.165) is 26.7 Å². The average molecular weight is 433 g/mol. The Morgan fingerprint density at radius 2 is 1.56 bits per heavy atom. The summed E-state index contributed by atoms with van der Waals surface area (Å²) in [6.45, 7) is 0. The van der Waals surface area contributed by atoms with Gasteiger partial charge in [-0.2, -0.15) is 0 Å². The first kappa shape index (κ1) is 18.5. The van der Waals surface area contributed by atoms with E-state index in [1.165, 1.54) is 6.08 Å². The minimum absolute atomic E-state index is 0.183. The third kappa shape index (κ3) is 3.74. The van der Waals surface area contributed by atoms with Gasteiger partial charge in [-0.3, -0.25) is 9.69 Å². The highest BCUT2D eigenvalue weighted by Crippen LogP contribution is 2.48. The van der Waals surface area contributed by atoms with E-state index in [-0.39, 0.29) is 5.91 Å². The van der Waals surface area contributed by atoms with Gasteiger partial charge in [0.2, 0.25) is 0 Å². The molecule has 0 N–H and O–H groups in total. The Morgan fingerprint density at radius 3 is 2.37 bits per heavy atom. The maximum absolute atomic E-state index is 13.1. The van der Waals surface area contributed by atoms with Crippen molar-refractivity contribution in [2.45, 2.75) is 9.79 Å². The predicted molar refractivity (Wildman–Crippen MR) is 115 cm³/mol. The molecule has 0 radical (unpaired) electrons. The van der Waals surface area contributed by atoms with Crippen molar-refractivity contribution in [3.05, 3.63) is 87.4 Å². The lowest BCUT2D eigenvalue weighted by atomic mass is 10.2. The number of rotatable bonds is 2. The second kappa shape index (κ2) is 7.61. The molecule has 1 aliphatic heterocycles. The van der Waals surface area contributed by atoms with Crippen LogP contribution < -0.4 is 4.90 Å². The molecule has 0 atom stereocenters. The molecule has 0 aliphatic carbocycles. The Bertz CT molecular complexity index is 1080. The molecule has 1 aliphatic rings. The van der Waals surface area contributed by atoms with Crippen LogP contribution in [0.15, 0.2) is 76.5 Å². The normalized spacial score (nSPS) is 12.8. The molecular weight excluding hydrogens is 421 g/mol. The quantitative estimate of drug-likeness (QED) is 0.391. The van der Waals surface area contributed by atoms with Crippen LogP contribution in [0.1, 0.15) is 5.56 Å². The topological polar surface area (TPSA) is 20.3 Å². The highest BCUT2D eigenvalue weighted by atomic mass is 35.5. The number of amides is 1. The second-order valence-electron chi connectivity index (χ2n) is 5.85. The van der Waals surface area contributed by atoms with Crippen LogP contribution in [0.2, 0.25) is 15.1 Å². The molecule has 1 heterocycles. The number of nitrogens with zero attached hydrogens (tertiary/aromatic N) is 1. The molecule has 0 unspecified atom stereocenters. The SMILES string of the molecule is O=C(/C=C/c1ccc(Cl)cc1Cl)N1c2ccccc2Sc2ccc(Cl)cc21. The van der Waals surface area contributed by atoms with Crippen LogP contribution in [-0.4, -0.2) is 5.91 Å². The van der Waals surface area contributed by atoms with Gasteiger partial charge in [0.25, 0.3) is 5.91 Å². The van der Waals surface area contributed by atoms with Crippen molar-refractivity contribution in [3.8, 4) is 0 Å². The van der Waals surface area contributed by atoms with Crippen LogP contribution in [0.5, 0.6) is 0 Å². The fourth-order valence-corrected chi connectivity index (χ4v) is 4.51. The first-order valence-electron chi connectivity index (χ1n) is 8.06. The van der Waals surface area contributed by atoms with E-state index in [2.05, 4.69) is 0 Å². The number of anilines is 2. The van der Waals surface area contributed by atoms with Gasteiger partial charge in [-0.05, 0) is 54.1 Å². The summed E-state index contributed by atoms with van der Waals surface area (Å²) in [5.74, 6) is -0.183. The summed E-state index contributed by atoms with van der Waals surface area (Å²) in [5, 5.41) is 1.62. The van der Waals surface area contributed by atoms with Crippen LogP contribution in [0.4, 0.5) is 11.4 Å². The standard InChI is InChI=1S/C21H12Cl3NOS/c22-14-7-5-13(16(24)11-14)6-10-21(26)25-17-3-1-2-4-19(17)27-20-9-8-15(23)12-18(20)25/h1-12H/b10-6+. The van der Waals surface area contributed by atoms with E-state index < -0.39 is 0 Å². The third-order valence-electron chi connectivity index (χ3n) is 4.08. The molecule has 3 aromatic rings.